The summed E-state index contributed by atoms with van der Waals surface area (Å²) in [6.07, 6.45) is -1.93. The Morgan fingerprint density at radius 2 is 1.88 bits per heavy atom. The van der Waals surface area contributed by atoms with Gasteiger partial charge in [0, 0.05) is 11.8 Å². The van der Waals surface area contributed by atoms with Gasteiger partial charge in [0.1, 0.15) is 5.02 Å². The van der Waals surface area contributed by atoms with Gasteiger partial charge in [0.05, 0.1) is 31.8 Å². The molecule has 8 nitrogen and oxygen atoms in total. The molecule has 0 aliphatic heterocycles. The molecule has 0 saturated heterocycles. The van der Waals surface area contributed by atoms with E-state index in [-0.39, 0.29) is 16.4 Å². The van der Waals surface area contributed by atoms with E-state index in [0.29, 0.717) is 27.3 Å². The molecule has 4 rings (SSSR count). The number of alkyl halides is 3. The monoisotopic (exact) mass is 477 g/mol. The smallest absolute Gasteiger partial charge is 0.433 e. The number of nitrogens with one attached hydrogen (secondary N) is 1. The van der Waals surface area contributed by atoms with Gasteiger partial charge < -0.3 is 14.8 Å². The first-order valence-corrected chi connectivity index (χ1v) is 9.71. The molecule has 0 saturated carbocycles. The van der Waals surface area contributed by atoms with Crippen LogP contribution in [0.1, 0.15) is 16.2 Å². The van der Waals surface area contributed by atoms with Gasteiger partial charge in [-0.2, -0.15) is 18.3 Å². The molecule has 0 aliphatic rings. The zero-order valence-corrected chi connectivity index (χ0v) is 17.9. The highest BCUT2D eigenvalue weighted by Gasteiger charge is 2.37. The van der Waals surface area contributed by atoms with Gasteiger partial charge in [-0.1, -0.05) is 11.6 Å². The molecule has 0 aliphatic carbocycles. The molecule has 4 aromatic rings. The number of carbonyl (C=O) groups is 1. The van der Waals surface area contributed by atoms with Gasteiger partial charge in [0.25, 0.3) is 5.91 Å². The summed E-state index contributed by atoms with van der Waals surface area (Å²) in [6, 6.07) is 8.51. The number of hydrogen-bond acceptors (Lipinski definition) is 6. The Balaban J connectivity index is 1.86. The van der Waals surface area contributed by atoms with E-state index in [1.165, 1.54) is 44.8 Å². The number of carbonyl (C=O) groups excluding carboxylic acids is 1. The third-order valence-corrected chi connectivity index (χ3v) is 4.99. The maximum absolute atomic E-state index is 13.9. The lowest BCUT2D eigenvalue weighted by Gasteiger charge is -2.12. The van der Waals surface area contributed by atoms with Crippen LogP contribution in [0.5, 0.6) is 11.5 Å². The van der Waals surface area contributed by atoms with Crippen LogP contribution < -0.4 is 14.8 Å². The number of aromatic nitrogens is 4. The zero-order valence-electron chi connectivity index (χ0n) is 17.1. The molecule has 0 unspecified atom stereocenters. The van der Waals surface area contributed by atoms with E-state index in [0.717, 1.165) is 6.07 Å². The number of pyridine rings is 1. The van der Waals surface area contributed by atoms with Crippen molar-refractivity contribution in [2.75, 3.05) is 19.5 Å². The molecule has 1 N–H and O–H groups in total. The topological polar surface area (TPSA) is 90.6 Å². The summed E-state index contributed by atoms with van der Waals surface area (Å²) >= 11 is 6.27. The van der Waals surface area contributed by atoms with Crippen LogP contribution in [0, 0.1) is 0 Å². The highest BCUT2D eigenvalue weighted by Crippen LogP contribution is 2.37. The van der Waals surface area contributed by atoms with Crippen LogP contribution in [0.2, 0.25) is 5.02 Å². The van der Waals surface area contributed by atoms with Gasteiger partial charge in [-0.15, -0.1) is 0 Å². The van der Waals surface area contributed by atoms with Crippen LogP contribution in [0.4, 0.5) is 18.9 Å². The molecule has 12 heteroatoms. The fourth-order valence-electron chi connectivity index (χ4n) is 3.11. The largest absolute Gasteiger partial charge is 0.493 e. The van der Waals surface area contributed by atoms with Crippen LogP contribution >= 0.6 is 11.6 Å². The third-order valence-electron chi connectivity index (χ3n) is 4.64. The molecule has 0 radical (unpaired) electrons. The maximum atomic E-state index is 13.9. The SMILES string of the molecule is COc1ccc(-c2cc(C(F)(F)F)n3nc(C(=O)Nc4cccnc4)c(Cl)c3n2)cc1OC. The van der Waals surface area contributed by atoms with Crippen LogP contribution in [-0.2, 0) is 6.18 Å². The first kappa shape index (κ1) is 22.3. The summed E-state index contributed by atoms with van der Waals surface area (Å²) in [5.41, 5.74) is -1.29. The van der Waals surface area contributed by atoms with Crippen LogP contribution in [-0.4, -0.2) is 39.7 Å². The number of halogens is 4. The van der Waals surface area contributed by atoms with Crippen molar-refractivity contribution in [3.05, 3.63) is 65.2 Å². The Morgan fingerprint density at radius 1 is 1.12 bits per heavy atom. The van der Waals surface area contributed by atoms with E-state index in [1.54, 1.807) is 12.1 Å². The van der Waals surface area contributed by atoms with E-state index in [2.05, 4.69) is 20.4 Å². The van der Waals surface area contributed by atoms with E-state index >= 15 is 0 Å². The molecule has 3 heterocycles. The Hall–Kier alpha value is -3.86. The molecular weight excluding hydrogens is 463 g/mol. The highest BCUT2D eigenvalue weighted by molar-refractivity contribution is 6.37. The minimum absolute atomic E-state index is 0.0446. The molecule has 3 aromatic heterocycles. The molecule has 0 spiro atoms. The summed E-state index contributed by atoms with van der Waals surface area (Å²) in [6.45, 7) is 0. The average molecular weight is 478 g/mol. The fourth-order valence-corrected chi connectivity index (χ4v) is 3.35. The lowest BCUT2D eigenvalue weighted by molar-refractivity contribution is -0.142. The van der Waals surface area contributed by atoms with Gasteiger partial charge >= 0.3 is 6.18 Å². The Labute approximate surface area is 189 Å². The fraction of sp³-hybridized carbons (Fsp3) is 0.143. The predicted octanol–water partition coefficient (Wildman–Crippen LogP) is 4.73. The number of nitrogens with zero attached hydrogens (tertiary/aromatic N) is 4. The van der Waals surface area contributed by atoms with Crippen LogP contribution in [0.25, 0.3) is 16.9 Å². The number of fused-ring (bicyclic) bond motifs is 1. The maximum Gasteiger partial charge on any atom is 0.433 e. The van der Waals surface area contributed by atoms with Crippen molar-refractivity contribution in [2.24, 2.45) is 0 Å². The second kappa shape index (κ2) is 8.58. The Morgan fingerprint density at radius 3 is 2.52 bits per heavy atom. The lowest BCUT2D eigenvalue weighted by Crippen LogP contribution is -2.16. The van der Waals surface area contributed by atoms with Crippen LogP contribution in [0.3, 0.4) is 0 Å². The van der Waals surface area contributed by atoms with Crippen molar-refractivity contribution >= 4 is 28.8 Å². The van der Waals surface area contributed by atoms with Gasteiger partial charge in [0.2, 0.25) is 0 Å². The zero-order chi connectivity index (χ0) is 23.8. The molecule has 1 aromatic carbocycles. The van der Waals surface area contributed by atoms with E-state index in [1.807, 2.05) is 0 Å². The standard InChI is InChI=1S/C21H15ClF3N5O3/c1-32-14-6-5-11(8-15(14)33-2)13-9-16(21(23,24)25)30-19(28-13)17(22)18(29-30)20(31)27-12-4-3-7-26-10-12/h3-10H,1-2H3,(H,27,31). The van der Waals surface area contributed by atoms with E-state index < -0.39 is 23.5 Å². The van der Waals surface area contributed by atoms with Crippen molar-refractivity contribution in [1.82, 2.24) is 19.6 Å². The normalized spacial score (nSPS) is 11.5. The molecular formula is C21H15ClF3N5O3. The number of anilines is 1. The average Bonchev–Trinajstić information content (AvgIpc) is 3.14. The van der Waals surface area contributed by atoms with E-state index in [9.17, 15) is 18.0 Å². The highest BCUT2D eigenvalue weighted by atomic mass is 35.5. The Bertz CT molecular complexity index is 1340. The summed E-state index contributed by atoms with van der Waals surface area (Å²) in [7, 11) is 2.84. The van der Waals surface area contributed by atoms with Gasteiger partial charge in [-0.05, 0) is 36.4 Å². The summed E-state index contributed by atoms with van der Waals surface area (Å²) in [5, 5.41) is 5.96. The third kappa shape index (κ3) is 4.27. The quantitative estimate of drug-likeness (QED) is 0.447. The van der Waals surface area contributed by atoms with E-state index in [4.69, 9.17) is 21.1 Å². The first-order chi connectivity index (χ1) is 15.7. The minimum atomic E-state index is -4.81. The molecule has 33 heavy (non-hydrogen) atoms. The van der Waals surface area contributed by atoms with Crippen molar-refractivity contribution in [3.63, 3.8) is 0 Å². The summed E-state index contributed by atoms with van der Waals surface area (Å²) in [5.74, 6) is -0.101. The molecule has 0 bridgehead atoms. The number of amides is 1. The minimum Gasteiger partial charge on any atom is -0.493 e. The summed E-state index contributed by atoms with van der Waals surface area (Å²) in [4.78, 5) is 20.7. The number of rotatable bonds is 5. The van der Waals surface area contributed by atoms with Crippen LogP contribution in [0.15, 0.2) is 48.8 Å². The first-order valence-electron chi connectivity index (χ1n) is 9.33. The molecule has 0 fully saturated rings. The van der Waals surface area contributed by atoms with Crippen molar-refractivity contribution in [2.45, 2.75) is 6.18 Å². The Kier molecular flexibility index (Phi) is 5.81. The molecule has 0 atom stereocenters. The number of methoxy groups -OCH3 is 2. The second-order valence-electron chi connectivity index (χ2n) is 6.69. The van der Waals surface area contributed by atoms with Crippen molar-refractivity contribution in [3.8, 4) is 22.8 Å². The number of hydrogen-bond donors (Lipinski definition) is 1. The number of benzene rings is 1. The number of ether oxygens (including phenoxy) is 2. The van der Waals surface area contributed by atoms with Crippen molar-refractivity contribution < 1.29 is 27.4 Å². The van der Waals surface area contributed by atoms with Gasteiger partial charge in [-0.3, -0.25) is 9.78 Å². The molecule has 170 valence electrons. The molecule has 1 amide bonds. The van der Waals surface area contributed by atoms with Crippen molar-refractivity contribution in [1.29, 1.82) is 0 Å². The van der Waals surface area contributed by atoms with Gasteiger partial charge in [-0.25, -0.2) is 9.50 Å². The predicted molar refractivity (Wildman–Crippen MR) is 114 cm³/mol. The lowest BCUT2D eigenvalue weighted by atomic mass is 10.1. The second-order valence-corrected chi connectivity index (χ2v) is 7.07. The summed E-state index contributed by atoms with van der Waals surface area (Å²) < 4.78 is 52.5. The van der Waals surface area contributed by atoms with Gasteiger partial charge in [0.15, 0.2) is 28.5 Å².